The molecule has 242 valence electrons. The van der Waals surface area contributed by atoms with E-state index >= 15 is 0 Å². The minimum atomic E-state index is -1.20. The summed E-state index contributed by atoms with van der Waals surface area (Å²) in [6.45, 7) is -0.137. The van der Waals surface area contributed by atoms with E-state index < -0.39 is 60.3 Å². The molecule has 2 aromatic carbocycles. The molecule has 13 heteroatoms. The molecular weight excluding hydrogens is 580 g/mol. The molecule has 0 heterocycles. The van der Waals surface area contributed by atoms with E-state index in [1.165, 1.54) is 19.2 Å². The summed E-state index contributed by atoms with van der Waals surface area (Å²) in [5, 5.41) is 26.5. The predicted octanol–water partition coefficient (Wildman–Crippen LogP) is -0.346. The van der Waals surface area contributed by atoms with Crippen LogP contribution in [-0.2, 0) is 36.8 Å². The van der Waals surface area contributed by atoms with E-state index in [1.807, 2.05) is 0 Å². The maximum atomic E-state index is 13.3. The Kier molecular flexibility index (Phi) is 15.0. The molecule has 0 aliphatic carbocycles. The third-order valence-corrected chi connectivity index (χ3v) is 7.09. The second kappa shape index (κ2) is 18.7. The van der Waals surface area contributed by atoms with Crippen molar-refractivity contribution >= 4 is 29.6 Å². The molecule has 4 amide bonds. The van der Waals surface area contributed by atoms with E-state index in [0.717, 1.165) is 10.5 Å². The molecule has 0 aromatic heterocycles. The molecule has 45 heavy (non-hydrogen) atoms. The summed E-state index contributed by atoms with van der Waals surface area (Å²) in [7, 11) is 1.38. The molecule has 0 aliphatic rings. The zero-order chi connectivity index (χ0) is 33.4. The van der Waals surface area contributed by atoms with Crippen molar-refractivity contribution in [1.82, 2.24) is 20.9 Å². The van der Waals surface area contributed by atoms with Gasteiger partial charge in [0.15, 0.2) is 0 Å². The number of likely N-dealkylation sites (N-methyl/N-ethyl adjacent to an activating group) is 1. The van der Waals surface area contributed by atoms with Gasteiger partial charge in [0.05, 0.1) is 12.6 Å². The topological polar surface area (TPSA) is 217 Å². The van der Waals surface area contributed by atoms with Gasteiger partial charge in [0.2, 0.25) is 23.6 Å². The van der Waals surface area contributed by atoms with Crippen LogP contribution in [0.15, 0.2) is 54.6 Å². The van der Waals surface area contributed by atoms with Crippen molar-refractivity contribution in [3.05, 3.63) is 65.7 Å². The lowest BCUT2D eigenvalue weighted by atomic mass is 10.0. The summed E-state index contributed by atoms with van der Waals surface area (Å²) in [5.41, 5.74) is 12.9. The summed E-state index contributed by atoms with van der Waals surface area (Å²) in [5.74, 6) is -1.48. The number of terminal acetylenes is 1. The van der Waals surface area contributed by atoms with Crippen molar-refractivity contribution in [3.63, 3.8) is 0 Å². The standard InChI is InChI=1S/C32H42N6O7/c1-3-9-25(36-29(41)24(34)18-22-13-15-23(39)16-14-22)30(42)35-20-28(40)38(2)27(19-21-10-5-4-6-11-21)31(43)37-26(32(44)45)12-7-8-17-33/h1,4-6,10-11,13-16,24-27,39H,7-9,12,17-20,33-34H2,2H3,(H,35,42)(H,36,41)(H,37,43)(H,44,45)/t24-,25+,26-,27-/m0/s1. The third kappa shape index (κ3) is 12.3. The predicted molar refractivity (Wildman–Crippen MR) is 167 cm³/mol. The molecule has 0 saturated carbocycles. The van der Waals surface area contributed by atoms with Gasteiger partial charge >= 0.3 is 5.97 Å². The number of nitrogens with two attached hydrogens (primary N) is 2. The normalized spacial score (nSPS) is 13.3. The summed E-state index contributed by atoms with van der Waals surface area (Å²) in [6, 6.07) is 10.6. The first-order valence-electron chi connectivity index (χ1n) is 14.5. The summed E-state index contributed by atoms with van der Waals surface area (Å²) >= 11 is 0. The average Bonchev–Trinajstić information content (AvgIpc) is 3.02. The number of unbranched alkanes of at least 4 members (excludes halogenated alkanes) is 1. The van der Waals surface area contributed by atoms with E-state index in [-0.39, 0.29) is 31.4 Å². The Balaban J connectivity index is 2.08. The molecule has 2 aromatic rings. The second-order valence-electron chi connectivity index (χ2n) is 10.6. The van der Waals surface area contributed by atoms with E-state index in [4.69, 9.17) is 17.9 Å². The number of carbonyl (C=O) groups is 5. The van der Waals surface area contributed by atoms with Crippen LogP contribution in [0.3, 0.4) is 0 Å². The first-order valence-corrected chi connectivity index (χ1v) is 14.5. The monoisotopic (exact) mass is 622 g/mol. The number of carboxylic acid groups (broad SMARTS) is 1. The summed E-state index contributed by atoms with van der Waals surface area (Å²) < 4.78 is 0. The third-order valence-electron chi connectivity index (χ3n) is 7.09. The SMILES string of the molecule is C#CC[C@@H](NC(=O)[C@@H](N)Cc1ccc(O)cc1)C(=O)NCC(=O)N(C)[C@@H](Cc1ccccc1)C(=O)N[C@@H](CCCCN)C(=O)O. The largest absolute Gasteiger partial charge is 0.508 e. The van der Waals surface area contributed by atoms with Gasteiger partial charge in [-0.15, -0.1) is 12.3 Å². The number of nitrogens with zero attached hydrogens (tertiary/aromatic N) is 1. The van der Waals surface area contributed by atoms with Crippen LogP contribution in [0.4, 0.5) is 0 Å². The van der Waals surface area contributed by atoms with Gasteiger partial charge in [-0.05, 0) is 55.5 Å². The van der Waals surface area contributed by atoms with Gasteiger partial charge in [-0.3, -0.25) is 19.2 Å². The molecule has 0 bridgehead atoms. The first-order chi connectivity index (χ1) is 21.5. The van der Waals surface area contributed by atoms with Crippen LogP contribution in [0.5, 0.6) is 5.75 Å². The fourth-order valence-electron chi connectivity index (χ4n) is 4.43. The number of hydrogen-bond acceptors (Lipinski definition) is 8. The molecule has 13 nitrogen and oxygen atoms in total. The highest BCUT2D eigenvalue weighted by atomic mass is 16.4. The Bertz CT molecular complexity index is 1330. The lowest BCUT2D eigenvalue weighted by Crippen LogP contribution is -2.56. The van der Waals surface area contributed by atoms with Gasteiger partial charge in [-0.2, -0.15) is 0 Å². The van der Waals surface area contributed by atoms with Gasteiger partial charge in [0, 0.05) is 19.9 Å². The number of carboxylic acids is 1. The molecule has 2 rings (SSSR count). The van der Waals surface area contributed by atoms with Gasteiger partial charge in [-0.1, -0.05) is 42.5 Å². The fourth-order valence-corrected chi connectivity index (χ4v) is 4.43. The zero-order valence-electron chi connectivity index (χ0n) is 25.3. The Labute approximate surface area is 262 Å². The number of nitrogens with one attached hydrogen (secondary N) is 3. The van der Waals surface area contributed by atoms with Crippen LogP contribution in [-0.4, -0.2) is 89.0 Å². The van der Waals surface area contributed by atoms with Gasteiger partial charge in [-0.25, -0.2) is 4.79 Å². The van der Waals surface area contributed by atoms with Crippen LogP contribution < -0.4 is 27.4 Å². The number of phenols is 1. The Morgan fingerprint density at radius 3 is 2.11 bits per heavy atom. The van der Waals surface area contributed by atoms with Crippen LogP contribution in [0.2, 0.25) is 0 Å². The molecule has 0 unspecified atom stereocenters. The van der Waals surface area contributed by atoms with Crippen LogP contribution in [0, 0.1) is 12.3 Å². The average molecular weight is 623 g/mol. The number of aromatic hydroxyl groups is 1. The minimum absolute atomic E-state index is 0.0671. The Morgan fingerprint density at radius 1 is 0.889 bits per heavy atom. The first kappa shape index (κ1) is 36.3. The number of hydrogen-bond donors (Lipinski definition) is 7. The van der Waals surface area contributed by atoms with Crippen molar-refractivity contribution < 1.29 is 34.2 Å². The molecule has 0 fully saturated rings. The minimum Gasteiger partial charge on any atom is -0.508 e. The molecular formula is C32H42N6O7. The van der Waals surface area contributed by atoms with Gasteiger partial charge in [0.25, 0.3) is 0 Å². The van der Waals surface area contributed by atoms with E-state index in [9.17, 15) is 34.2 Å². The maximum absolute atomic E-state index is 13.3. The smallest absolute Gasteiger partial charge is 0.326 e. The van der Waals surface area contributed by atoms with E-state index in [1.54, 1.807) is 42.5 Å². The van der Waals surface area contributed by atoms with Crippen molar-refractivity contribution in [2.75, 3.05) is 20.1 Å². The van der Waals surface area contributed by atoms with Crippen LogP contribution in [0.25, 0.3) is 0 Å². The molecule has 0 spiro atoms. The van der Waals surface area contributed by atoms with Crippen molar-refractivity contribution in [2.24, 2.45) is 11.5 Å². The van der Waals surface area contributed by atoms with Crippen LogP contribution in [0.1, 0.15) is 36.8 Å². The maximum Gasteiger partial charge on any atom is 0.326 e. The molecule has 9 N–H and O–H groups in total. The Morgan fingerprint density at radius 2 is 1.51 bits per heavy atom. The van der Waals surface area contributed by atoms with Crippen molar-refractivity contribution in [1.29, 1.82) is 0 Å². The zero-order valence-corrected chi connectivity index (χ0v) is 25.3. The van der Waals surface area contributed by atoms with Gasteiger partial charge in [0.1, 0.15) is 23.9 Å². The highest BCUT2D eigenvalue weighted by molar-refractivity contribution is 5.94. The number of rotatable bonds is 18. The molecule has 0 aliphatic heterocycles. The summed E-state index contributed by atoms with van der Waals surface area (Å²) in [4.78, 5) is 65.1. The van der Waals surface area contributed by atoms with E-state index in [2.05, 4.69) is 21.9 Å². The molecule has 0 radical (unpaired) electrons. The highest BCUT2D eigenvalue weighted by Gasteiger charge is 2.31. The number of carbonyl (C=O) groups excluding carboxylic acids is 4. The Hall–Kier alpha value is -4.93. The lowest BCUT2D eigenvalue weighted by molar-refractivity contribution is -0.144. The fraction of sp³-hybridized carbons (Fsp3) is 0.406. The quantitative estimate of drug-likeness (QED) is 0.0853. The lowest BCUT2D eigenvalue weighted by Gasteiger charge is -2.29. The number of aliphatic carboxylic acids is 1. The van der Waals surface area contributed by atoms with Gasteiger partial charge < -0.3 is 42.5 Å². The van der Waals surface area contributed by atoms with E-state index in [0.29, 0.717) is 24.9 Å². The van der Waals surface area contributed by atoms with Crippen LogP contribution >= 0.6 is 0 Å². The molecule has 0 saturated heterocycles. The highest BCUT2D eigenvalue weighted by Crippen LogP contribution is 2.12. The van der Waals surface area contributed by atoms with Crippen molar-refractivity contribution in [3.8, 4) is 18.1 Å². The molecule has 4 atom stereocenters. The number of amides is 4. The second-order valence-corrected chi connectivity index (χ2v) is 10.6. The number of phenolic OH excluding ortho intramolecular Hbond substituents is 1. The number of benzene rings is 2. The summed E-state index contributed by atoms with van der Waals surface area (Å²) in [6.07, 6.45) is 6.72. The van der Waals surface area contributed by atoms with Crippen molar-refractivity contribution in [2.45, 2.75) is 62.7 Å².